The molecule has 0 radical (unpaired) electrons. The van der Waals surface area contributed by atoms with E-state index in [4.69, 9.17) is 10.9 Å². The van der Waals surface area contributed by atoms with Gasteiger partial charge in [-0.1, -0.05) is 25.9 Å². The molecule has 0 saturated carbocycles. The number of piperidine rings is 1. The molecule has 0 bridgehead atoms. The van der Waals surface area contributed by atoms with Gasteiger partial charge in [-0.15, -0.1) is 0 Å². The van der Waals surface area contributed by atoms with E-state index in [0.717, 1.165) is 24.8 Å². The first-order valence-corrected chi connectivity index (χ1v) is 7.10. The smallest absolute Gasteiger partial charge is 0.170 e. The monoisotopic (exact) mass is 276 g/mol. The number of nitrogens with two attached hydrogens (primary N) is 1. The molecule has 0 spiro atoms. The molecule has 3 N–H and O–H groups in total. The zero-order valence-electron chi connectivity index (χ0n) is 12.5. The Morgan fingerprint density at radius 2 is 2.05 bits per heavy atom. The average Bonchev–Trinajstić information content (AvgIpc) is 2.46. The highest BCUT2D eigenvalue weighted by atomic mass is 16.4. The minimum Gasteiger partial charge on any atom is -0.409 e. The molecule has 5 heteroatoms. The van der Waals surface area contributed by atoms with Gasteiger partial charge in [-0.3, -0.25) is 0 Å². The Kier molecular flexibility index (Phi) is 4.16. The van der Waals surface area contributed by atoms with Crippen LogP contribution >= 0.6 is 0 Å². The molecule has 1 aromatic heterocycles. The fraction of sp³-hybridized carbons (Fsp3) is 0.600. The second kappa shape index (κ2) is 5.69. The van der Waals surface area contributed by atoms with Gasteiger partial charge in [0.2, 0.25) is 0 Å². The maximum Gasteiger partial charge on any atom is 0.170 e. The first kappa shape index (κ1) is 14.6. The number of amidine groups is 1. The van der Waals surface area contributed by atoms with Crippen molar-refractivity contribution < 1.29 is 5.21 Å². The molecule has 1 saturated heterocycles. The van der Waals surface area contributed by atoms with E-state index in [9.17, 15) is 0 Å². The Balaban J connectivity index is 2.08. The van der Waals surface area contributed by atoms with Crippen molar-refractivity contribution in [3.8, 4) is 0 Å². The highest BCUT2D eigenvalue weighted by Crippen LogP contribution is 2.35. The molecule has 0 amide bonds. The Hall–Kier alpha value is -1.78. The molecule has 0 aliphatic carbocycles. The summed E-state index contributed by atoms with van der Waals surface area (Å²) in [6.07, 6.45) is 4.07. The second-order valence-electron chi connectivity index (χ2n) is 6.52. The van der Waals surface area contributed by atoms with Crippen molar-refractivity contribution in [3.63, 3.8) is 0 Å². The van der Waals surface area contributed by atoms with Crippen molar-refractivity contribution >= 4 is 11.7 Å². The van der Waals surface area contributed by atoms with E-state index in [1.165, 1.54) is 12.8 Å². The van der Waals surface area contributed by atoms with Crippen LogP contribution in [0.3, 0.4) is 0 Å². The fourth-order valence-corrected chi connectivity index (χ4v) is 2.78. The average molecular weight is 276 g/mol. The number of aromatic nitrogens is 1. The molecule has 0 atom stereocenters. The lowest BCUT2D eigenvalue weighted by molar-refractivity contribution is 0.198. The molecule has 110 valence electrons. The summed E-state index contributed by atoms with van der Waals surface area (Å²) in [5, 5.41) is 11.8. The van der Waals surface area contributed by atoms with Gasteiger partial charge >= 0.3 is 0 Å². The number of nitrogens with zero attached hydrogens (tertiary/aromatic N) is 3. The van der Waals surface area contributed by atoms with Crippen LogP contribution < -0.4 is 10.6 Å². The third kappa shape index (κ3) is 3.21. The Labute approximate surface area is 120 Å². The number of anilines is 1. The minimum absolute atomic E-state index is 0.123. The van der Waals surface area contributed by atoms with Crippen LogP contribution in [0.4, 0.5) is 5.82 Å². The summed E-state index contributed by atoms with van der Waals surface area (Å²) in [7, 11) is 0. The van der Waals surface area contributed by atoms with Crippen molar-refractivity contribution in [3.05, 3.63) is 23.9 Å². The number of pyridine rings is 1. The van der Waals surface area contributed by atoms with Gasteiger partial charge in [0.15, 0.2) is 5.84 Å². The van der Waals surface area contributed by atoms with Gasteiger partial charge in [0.1, 0.15) is 5.82 Å². The van der Waals surface area contributed by atoms with Crippen LogP contribution in [-0.2, 0) is 0 Å². The second-order valence-corrected chi connectivity index (χ2v) is 6.52. The van der Waals surface area contributed by atoms with Crippen LogP contribution in [0.1, 0.15) is 39.2 Å². The highest BCUT2D eigenvalue weighted by Gasteiger charge is 2.29. The summed E-state index contributed by atoms with van der Waals surface area (Å²) in [6.45, 7) is 8.95. The number of rotatable bonds is 2. The minimum atomic E-state index is 0.123. The largest absolute Gasteiger partial charge is 0.409 e. The third-order valence-electron chi connectivity index (χ3n) is 4.19. The van der Waals surface area contributed by atoms with Gasteiger partial charge in [0.25, 0.3) is 0 Å². The van der Waals surface area contributed by atoms with Gasteiger partial charge in [-0.05, 0) is 36.3 Å². The molecule has 20 heavy (non-hydrogen) atoms. The van der Waals surface area contributed by atoms with Gasteiger partial charge < -0.3 is 15.8 Å². The highest BCUT2D eigenvalue weighted by molar-refractivity contribution is 5.97. The maximum absolute atomic E-state index is 8.74. The van der Waals surface area contributed by atoms with E-state index in [0.29, 0.717) is 11.0 Å². The van der Waals surface area contributed by atoms with E-state index in [2.05, 4.69) is 35.8 Å². The molecule has 2 heterocycles. The Bertz CT molecular complexity index is 485. The van der Waals surface area contributed by atoms with Crippen molar-refractivity contribution in [2.24, 2.45) is 22.2 Å². The molecular weight excluding hydrogens is 252 g/mol. The first-order valence-electron chi connectivity index (χ1n) is 7.10. The molecule has 0 aromatic carbocycles. The predicted octanol–water partition coefficient (Wildman–Crippen LogP) is 2.44. The lowest BCUT2D eigenvalue weighted by Crippen LogP contribution is -2.38. The van der Waals surface area contributed by atoms with Crippen molar-refractivity contribution in [1.82, 2.24) is 4.98 Å². The quantitative estimate of drug-likeness (QED) is 0.376. The number of oxime groups is 1. The summed E-state index contributed by atoms with van der Waals surface area (Å²) in [5.41, 5.74) is 6.70. The Morgan fingerprint density at radius 1 is 1.40 bits per heavy atom. The van der Waals surface area contributed by atoms with E-state index in [1.807, 2.05) is 6.07 Å². The molecule has 1 aliphatic heterocycles. The maximum atomic E-state index is 8.74. The molecule has 5 nitrogen and oxygen atoms in total. The van der Waals surface area contributed by atoms with Crippen molar-refractivity contribution in [2.45, 2.75) is 33.6 Å². The van der Waals surface area contributed by atoms with Crippen LogP contribution in [0.15, 0.2) is 23.5 Å². The SMILES string of the molecule is CC(C)(C)C1CCN(c2cc(C(N)=NO)ccn2)CC1. The molecule has 0 unspecified atom stereocenters. The van der Waals surface area contributed by atoms with Crippen LogP contribution in [0.5, 0.6) is 0 Å². The summed E-state index contributed by atoms with van der Waals surface area (Å²) >= 11 is 0. The van der Waals surface area contributed by atoms with Crippen molar-refractivity contribution in [2.75, 3.05) is 18.0 Å². The molecule has 1 aliphatic rings. The van der Waals surface area contributed by atoms with Crippen LogP contribution in [0.2, 0.25) is 0 Å². The van der Waals surface area contributed by atoms with Gasteiger partial charge in [0.05, 0.1) is 0 Å². The zero-order valence-corrected chi connectivity index (χ0v) is 12.5. The molecule has 1 aromatic rings. The molecule has 1 fully saturated rings. The molecular formula is C15H24N4O. The van der Waals surface area contributed by atoms with E-state index in [-0.39, 0.29) is 5.84 Å². The molecule has 2 rings (SSSR count). The van der Waals surface area contributed by atoms with Gasteiger partial charge in [-0.25, -0.2) is 4.98 Å². The lowest BCUT2D eigenvalue weighted by atomic mass is 9.75. The predicted molar refractivity (Wildman–Crippen MR) is 81.1 cm³/mol. The van der Waals surface area contributed by atoms with E-state index < -0.39 is 0 Å². The summed E-state index contributed by atoms with van der Waals surface area (Å²) < 4.78 is 0. The Morgan fingerprint density at radius 3 is 2.60 bits per heavy atom. The zero-order chi connectivity index (χ0) is 14.8. The van der Waals surface area contributed by atoms with Gasteiger partial charge in [0, 0.05) is 24.8 Å². The van der Waals surface area contributed by atoms with Crippen LogP contribution in [0, 0.1) is 11.3 Å². The van der Waals surface area contributed by atoms with E-state index >= 15 is 0 Å². The third-order valence-corrected chi connectivity index (χ3v) is 4.19. The fourth-order valence-electron chi connectivity index (χ4n) is 2.78. The lowest BCUT2D eigenvalue weighted by Gasteiger charge is -2.39. The topological polar surface area (TPSA) is 74.7 Å². The van der Waals surface area contributed by atoms with Gasteiger partial charge in [-0.2, -0.15) is 0 Å². The van der Waals surface area contributed by atoms with Crippen LogP contribution in [0.25, 0.3) is 0 Å². The summed E-state index contributed by atoms with van der Waals surface area (Å²) in [5.74, 6) is 1.78. The van der Waals surface area contributed by atoms with Crippen LogP contribution in [-0.4, -0.2) is 29.1 Å². The summed E-state index contributed by atoms with van der Waals surface area (Å²) in [6, 6.07) is 3.63. The summed E-state index contributed by atoms with van der Waals surface area (Å²) in [4.78, 5) is 6.67. The number of hydrogen-bond donors (Lipinski definition) is 2. The number of hydrogen-bond acceptors (Lipinski definition) is 4. The van der Waals surface area contributed by atoms with Crippen molar-refractivity contribution in [1.29, 1.82) is 0 Å². The standard InChI is InChI=1S/C15H24N4O/c1-15(2,3)12-5-8-19(9-6-12)13-10-11(4-7-17-13)14(16)18-20/h4,7,10,12,20H,5-6,8-9H2,1-3H3,(H2,16,18). The normalized spacial score (nSPS) is 18.4. The first-order chi connectivity index (χ1) is 9.41. The van der Waals surface area contributed by atoms with E-state index in [1.54, 1.807) is 12.3 Å².